The van der Waals surface area contributed by atoms with Crippen LogP contribution in [0, 0.1) is 6.92 Å². The Morgan fingerprint density at radius 1 is 1.24 bits per heavy atom. The first-order chi connectivity index (χ1) is 10.2. The molecule has 2 saturated heterocycles. The molecule has 2 unspecified atom stereocenters. The van der Waals surface area contributed by atoms with Crippen molar-refractivity contribution in [1.29, 1.82) is 0 Å². The van der Waals surface area contributed by atoms with Gasteiger partial charge in [-0.05, 0) is 50.6 Å². The number of fused-ring (bicyclic) bond motifs is 3. The third-order valence-corrected chi connectivity index (χ3v) is 6.31. The molecule has 0 saturated carbocycles. The van der Waals surface area contributed by atoms with E-state index in [0.717, 1.165) is 23.4 Å². The lowest BCUT2D eigenvalue weighted by molar-refractivity contribution is 0.0608. The van der Waals surface area contributed by atoms with E-state index in [2.05, 4.69) is 39.5 Å². The molecule has 2 aliphatic rings. The van der Waals surface area contributed by atoms with Crippen LogP contribution in [0.2, 0.25) is 0 Å². The summed E-state index contributed by atoms with van der Waals surface area (Å²) in [5, 5.41) is 5.89. The molecular formula is C16H22N4S. The molecule has 21 heavy (non-hydrogen) atoms. The summed E-state index contributed by atoms with van der Waals surface area (Å²) >= 11 is 1.75. The SMILES string of the molecule is Cc1csc2c(NC3CC4CCCC(C3)N4C)ncnc12. The van der Waals surface area contributed by atoms with Crippen LogP contribution in [0.25, 0.3) is 10.2 Å². The second-order valence-corrected chi connectivity index (χ2v) is 7.42. The number of aryl methyl sites for hydroxylation is 1. The van der Waals surface area contributed by atoms with E-state index in [0.29, 0.717) is 6.04 Å². The molecule has 0 amide bonds. The minimum Gasteiger partial charge on any atom is -0.366 e. The summed E-state index contributed by atoms with van der Waals surface area (Å²) in [5.41, 5.74) is 2.35. The molecule has 1 N–H and O–H groups in total. The number of nitrogens with one attached hydrogen (secondary N) is 1. The van der Waals surface area contributed by atoms with Gasteiger partial charge in [0.2, 0.25) is 0 Å². The molecule has 0 spiro atoms. The van der Waals surface area contributed by atoms with Crippen molar-refractivity contribution in [3.8, 4) is 0 Å². The minimum atomic E-state index is 0.553. The molecule has 0 radical (unpaired) electrons. The lowest BCUT2D eigenvalue weighted by Gasteiger charge is -2.47. The summed E-state index contributed by atoms with van der Waals surface area (Å²) in [6.45, 7) is 2.12. The number of aromatic nitrogens is 2. The summed E-state index contributed by atoms with van der Waals surface area (Å²) in [6.07, 6.45) is 8.27. The van der Waals surface area contributed by atoms with Gasteiger partial charge in [0.25, 0.3) is 0 Å². The number of thiophene rings is 1. The topological polar surface area (TPSA) is 41.0 Å². The van der Waals surface area contributed by atoms with Gasteiger partial charge in [-0.1, -0.05) is 6.42 Å². The van der Waals surface area contributed by atoms with Crippen molar-refractivity contribution in [2.75, 3.05) is 12.4 Å². The maximum absolute atomic E-state index is 4.50. The monoisotopic (exact) mass is 302 g/mol. The van der Waals surface area contributed by atoms with Gasteiger partial charge >= 0.3 is 0 Å². The van der Waals surface area contributed by atoms with Gasteiger partial charge in [-0.3, -0.25) is 0 Å². The van der Waals surface area contributed by atoms with Gasteiger partial charge in [0, 0.05) is 18.1 Å². The molecule has 4 rings (SSSR count). The van der Waals surface area contributed by atoms with Gasteiger partial charge in [-0.15, -0.1) is 11.3 Å². The second kappa shape index (κ2) is 5.21. The minimum absolute atomic E-state index is 0.553. The Morgan fingerprint density at radius 3 is 2.76 bits per heavy atom. The van der Waals surface area contributed by atoms with Gasteiger partial charge in [0.05, 0.1) is 10.2 Å². The summed E-state index contributed by atoms with van der Waals surface area (Å²) in [7, 11) is 2.30. The van der Waals surface area contributed by atoms with Crippen LogP contribution < -0.4 is 5.32 Å². The zero-order chi connectivity index (χ0) is 14.4. The molecular weight excluding hydrogens is 280 g/mol. The van der Waals surface area contributed by atoms with Gasteiger partial charge in [-0.2, -0.15) is 0 Å². The van der Waals surface area contributed by atoms with E-state index < -0.39 is 0 Å². The largest absolute Gasteiger partial charge is 0.366 e. The molecule has 112 valence electrons. The first-order valence-corrected chi connectivity index (χ1v) is 8.77. The van der Waals surface area contributed by atoms with Crippen molar-refractivity contribution in [3.63, 3.8) is 0 Å². The Balaban J connectivity index is 1.58. The summed E-state index contributed by atoms with van der Waals surface area (Å²) in [6, 6.07) is 2.05. The van der Waals surface area contributed by atoms with Crippen molar-refractivity contribution >= 4 is 27.4 Å². The molecule has 4 nitrogen and oxygen atoms in total. The van der Waals surface area contributed by atoms with E-state index in [9.17, 15) is 0 Å². The molecule has 2 aliphatic heterocycles. The van der Waals surface area contributed by atoms with E-state index in [1.807, 2.05) is 0 Å². The molecule has 5 heteroatoms. The third-order valence-electron chi connectivity index (χ3n) is 5.21. The number of nitrogens with zero attached hydrogens (tertiary/aromatic N) is 3. The van der Waals surface area contributed by atoms with Crippen LogP contribution in [0.1, 0.15) is 37.7 Å². The van der Waals surface area contributed by atoms with Crippen LogP contribution in [0.15, 0.2) is 11.7 Å². The van der Waals surface area contributed by atoms with Gasteiger partial charge in [-0.25, -0.2) is 9.97 Å². The molecule has 0 aromatic carbocycles. The Labute approximate surface area is 129 Å². The zero-order valence-corrected chi connectivity index (χ0v) is 13.5. The normalized spacial score (nSPS) is 29.7. The smallest absolute Gasteiger partial charge is 0.147 e. The lowest BCUT2D eigenvalue weighted by atomic mass is 9.82. The fraction of sp³-hybridized carbons (Fsp3) is 0.625. The quantitative estimate of drug-likeness (QED) is 0.923. The predicted molar refractivity (Wildman–Crippen MR) is 88.0 cm³/mol. The Morgan fingerprint density at radius 2 is 2.00 bits per heavy atom. The first kappa shape index (κ1) is 13.5. The molecule has 2 bridgehead atoms. The standard InChI is InChI=1S/C16H22N4S/c1-10-8-21-15-14(10)17-9-18-16(15)19-11-6-12-4-3-5-13(7-11)20(12)2/h8-9,11-13H,3-7H2,1-2H3,(H,17,18,19). The summed E-state index contributed by atoms with van der Waals surface area (Å²) in [4.78, 5) is 11.5. The number of piperidine rings is 2. The number of hydrogen-bond donors (Lipinski definition) is 1. The summed E-state index contributed by atoms with van der Waals surface area (Å²) in [5.74, 6) is 1.03. The van der Waals surface area contributed by atoms with Crippen LogP contribution in [0.5, 0.6) is 0 Å². The fourth-order valence-electron chi connectivity index (χ4n) is 4.00. The van der Waals surface area contributed by atoms with Crippen molar-refractivity contribution in [2.45, 2.75) is 57.2 Å². The molecule has 2 aromatic heterocycles. The fourth-order valence-corrected chi connectivity index (χ4v) is 4.95. The molecule has 0 aliphatic carbocycles. The molecule has 4 heterocycles. The number of rotatable bonds is 2. The lowest BCUT2D eigenvalue weighted by Crippen LogP contribution is -2.52. The van der Waals surface area contributed by atoms with Gasteiger partial charge < -0.3 is 10.2 Å². The summed E-state index contributed by atoms with van der Waals surface area (Å²) < 4.78 is 1.21. The van der Waals surface area contributed by atoms with Gasteiger partial charge in [0.15, 0.2) is 0 Å². The average Bonchev–Trinajstić information content (AvgIpc) is 2.83. The Kier molecular flexibility index (Phi) is 3.34. The molecule has 2 atom stereocenters. The van der Waals surface area contributed by atoms with Crippen molar-refractivity contribution in [3.05, 3.63) is 17.3 Å². The zero-order valence-electron chi connectivity index (χ0n) is 12.7. The van der Waals surface area contributed by atoms with Crippen molar-refractivity contribution in [2.24, 2.45) is 0 Å². The Hall–Kier alpha value is -1.20. The van der Waals surface area contributed by atoms with E-state index in [4.69, 9.17) is 0 Å². The van der Waals surface area contributed by atoms with Crippen molar-refractivity contribution in [1.82, 2.24) is 14.9 Å². The molecule has 2 aromatic rings. The van der Waals surface area contributed by atoms with Crippen LogP contribution in [-0.2, 0) is 0 Å². The highest BCUT2D eigenvalue weighted by Crippen LogP contribution is 2.35. The third kappa shape index (κ3) is 2.32. The van der Waals surface area contributed by atoms with E-state index in [-0.39, 0.29) is 0 Å². The Bertz CT molecular complexity index is 639. The maximum atomic E-state index is 4.50. The van der Waals surface area contributed by atoms with E-state index in [1.54, 1.807) is 17.7 Å². The first-order valence-electron chi connectivity index (χ1n) is 7.89. The maximum Gasteiger partial charge on any atom is 0.147 e. The van der Waals surface area contributed by atoms with Crippen molar-refractivity contribution < 1.29 is 0 Å². The molecule has 2 fully saturated rings. The predicted octanol–water partition coefficient (Wildman–Crippen LogP) is 3.43. The highest BCUT2D eigenvalue weighted by molar-refractivity contribution is 7.18. The number of anilines is 1. The van der Waals surface area contributed by atoms with Crippen LogP contribution in [-0.4, -0.2) is 40.0 Å². The number of hydrogen-bond acceptors (Lipinski definition) is 5. The van der Waals surface area contributed by atoms with E-state index in [1.165, 1.54) is 42.4 Å². The average molecular weight is 302 g/mol. The van der Waals surface area contributed by atoms with Gasteiger partial charge in [0.1, 0.15) is 12.1 Å². The van der Waals surface area contributed by atoms with Crippen LogP contribution in [0.3, 0.4) is 0 Å². The van der Waals surface area contributed by atoms with E-state index >= 15 is 0 Å². The van der Waals surface area contributed by atoms with Crippen LogP contribution in [0.4, 0.5) is 5.82 Å². The van der Waals surface area contributed by atoms with Crippen LogP contribution >= 0.6 is 11.3 Å². The highest BCUT2D eigenvalue weighted by Gasteiger charge is 2.36. The highest BCUT2D eigenvalue weighted by atomic mass is 32.1. The second-order valence-electron chi connectivity index (χ2n) is 6.54.